The van der Waals surface area contributed by atoms with Crippen LogP contribution in [0, 0.1) is 0 Å². The van der Waals surface area contributed by atoms with Gasteiger partial charge in [-0.05, 0) is 49.1 Å². The number of benzene rings is 2. The molecule has 0 saturated heterocycles. The Kier molecular flexibility index (Phi) is 6.95. The summed E-state index contributed by atoms with van der Waals surface area (Å²) in [5, 5.41) is 0. The summed E-state index contributed by atoms with van der Waals surface area (Å²) in [4.78, 5) is 0. The summed E-state index contributed by atoms with van der Waals surface area (Å²) in [5.41, 5.74) is 1.34. The summed E-state index contributed by atoms with van der Waals surface area (Å²) in [7, 11) is 0. The molecule has 0 N–H and O–H groups in total. The number of hydrogen-bond donors (Lipinski definition) is 0. The second-order valence-electron chi connectivity index (χ2n) is 5.60. The van der Waals surface area contributed by atoms with E-state index in [0.717, 1.165) is 17.9 Å². The van der Waals surface area contributed by atoms with Crippen molar-refractivity contribution in [1.29, 1.82) is 0 Å². The van der Waals surface area contributed by atoms with Crippen LogP contribution in [0.3, 0.4) is 0 Å². The zero-order valence-corrected chi connectivity index (χ0v) is 14.2. The van der Waals surface area contributed by atoms with Gasteiger partial charge in [0.15, 0.2) is 6.29 Å². The summed E-state index contributed by atoms with van der Waals surface area (Å²) in [6.07, 6.45) is 0.838. The van der Waals surface area contributed by atoms with Gasteiger partial charge in [0.2, 0.25) is 0 Å². The van der Waals surface area contributed by atoms with Crippen LogP contribution < -0.4 is 9.47 Å². The second kappa shape index (κ2) is 9.21. The van der Waals surface area contributed by atoms with E-state index in [0.29, 0.717) is 19.1 Å². The summed E-state index contributed by atoms with van der Waals surface area (Å²) < 4.78 is 17.0. The smallest absolute Gasteiger partial charge is 0.197 e. The summed E-state index contributed by atoms with van der Waals surface area (Å²) in [5.74, 6) is 2.26. The normalized spacial score (nSPS) is 13.3. The fourth-order valence-electron chi connectivity index (χ4n) is 2.23. The predicted octanol–water partition coefficient (Wildman–Crippen LogP) is 5.02. The number of hydrogen-bond acceptors (Lipinski definition) is 3. The molecule has 0 aliphatic heterocycles. The minimum atomic E-state index is -0.302. The Morgan fingerprint density at radius 1 is 0.826 bits per heavy atom. The van der Waals surface area contributed by atoms with Crippen LogP contribution in [0.15, 0.2) is 54.6 Å². The van der Waals surface area contributed by atoms with Crippen LogP contribution in [0.1, 0.15) is 38.7 Å². The van der Waals surface area contributed by atoms with Crippen LogP contribution in [0.25, 0.3) is 0 Å². The first kappa shape index (κ1) is 17.4. The van der Waals surface area contributed by atoms with Gasteiger partial charge in [-0.3, -0.25) is 0 Å². The SMILES string of the molecule is CCC(C)c1ccc(OC(C)OCCOc2ccccc2)cc1. The van der Waals surface area contributed by atoms with Gasteiger partial charge < -0.3 is 14.2 Å². The Labute approximate surface area is 139 Å². The Balaban J connectivity index is 1.69. The highest BCUT2D eigenvalue weighted by Crippen LogP contribution is 2.22. The average Bonchev–Trinajstić information content (AvgIpc) is 2.59. The Bertz CT molecular complexity index is 551. The molecule has 2 aromatic carbocycles. The maximum Gasteiger partial charge on any atom is 0.197 e. The van der Waals surface area contributed by atoms with Crippen molar-refractivity contribution in [2.75, 3.05) is 13.2 Å². The molecule has 3 heteroatoms. The van der Waals surface area contributed by atoms with Gasteiger partial charge in [-0.25, -0.2) is 0 Å². The van der Waals surface area contributed by atoms with Crippen LogP contribution in [0.4, 0.5) is 0 Å². The maximum absolute atomic E-state index is 5.76. The molecule has 0 fully saturated rings. The zero-order valence-electron chi connectivity index (χ0n) is 14.2. The van der Waals surface area contributed by atoms with Crippen molar-refractivity contribution in [3.8, 4) is 11.5 Å². The molecule has 0 heterocycles. The number of ether oxygens (including phenoxy) is 3. The Hall–Kier alpha value is -2.00. The Morgan fingerprint density at radius 3 is 2.17 bits per heavy atom. The molecule has 2 rings (SSSR count). The zero-order chi connectivity index (χ0) is 16.5. The third kappa shape index (κ3) is 5.95. The molecule has 2 atom stereocenters. The molecule has 124 valence electrons. The van der Waals surface area contributed by atoms with E-state index >= 15 is 0 Å². The van der Waals surface area contributed by atoms with Crippen LogP contribution in [-0.4, -0.2) is 19.5 Å². The lowest BCUT2D eigenvalue weighted by atomic mass is 9.99. The fourth-order valence-corrected chi connectivity index (χ4v) is 2.23. The number of para-hydroxylation sites is 1. The van der Waals surface area contributed by atoms with Crippen molar-refractivity contribution in [2.45, 2.75) is 39.4 Å². The van der Waals surface area contributed by atoms with Crippen molar-refractivity contribution in [3.63, 3.8) is 0 Å². The van der Waals surface area contributed by atoms with Gasteiger partial charge in [0, 0.05) is 0 Å². The van der Waals surface area contributed by atoms with Crippen molar-refractivity contribution in [3.05, 3.63) is 60.2 Å². The van der Waals surface area contributed by atoms with E-state index in [9.17, 15) is 0 Å². The summed E-state index contributed by atoms with van der Waals surface area (Å²) >= 11 is 0. The molecule has 0 radical (unpaired) electrons. The van der Waals surface area contributed by atoms with Gasteiger partial charge in [0.05, 0.1) is 6.61 Å². The highest BCUT2D eigenvalue weighted by atomic mass is 16.7. The highest BCUT2D eigenvalue weighted by Gasteiger charge is 2.06. The molecule has 0 aliphatic rings. The van der Waals surface area contributed by atoms with Crippen LogP contribution >= 0.6 is 0 Å². The van der Waals surface area contributed by atoms with E-state index < -0.39 is 0 Å². The van der Waals surface area contributed by atoms with Crippen molar-refractivity contribution in [2.24, 2.45) is 0 Å². The van der Waals surface area contributed by atoms with E-state index in [-0.39, 0.29) is 6.29 Å². The van der Waals surface area contributed by atoms with Crippen LogP contribution in [-0.2, 0) is 4.74 Å². The maximum atomic E-state index is 5.76. The average molecular weight is 314 g/mol. The highest BCUT2D eigenvalue weighted by molar-refractivity contribution is 5.29. The van der Waals surface area contributed by atoms with Crippen molar-refractivity contribution >= 4 is 0 Å². The first-order valence-corrected chi connectivity index (χ1v) is 8.25. The van der Waals surface area contributed by atoms with E-state index in [2.05, 4.69) is 26.0 Å². The van der Waals surface area contributed by atoms with Gasteiger partial charge >= 0.3 is 0 Å². The first-order valence-electron chi connectivity index (χ1n) is 8.25. The molecule has 0 amide bonds. The van der Waals surface area contributed by atoms with Gasteiger partial charge in [0.25, 0.3) is 0 Å². The first-order chi connectivity index (χ1) is 11.2. The minimum absolute atomic E-state index is 0.302. The third-order valence-electron chi connectivity index (χ3n) is 3.81. The molecule has 0 bridgehead atoms. The fraction of sp³-hybridized carbons (Fsp3) is 0.400. The largest absolute Gasteiger partial charge is 0.491 e. The van der Waals surface area contributed by atoms with E-state index in [1.54, 1.807) is 0 Å². The topological polar surface area (TPSA) is 27.7 Å². The molecule has 23 heavy (non-hydrogen) atoms. The second-order valence-corrected chi connectivity index (χ2v) is 5.60. The molecular formula is C20H26O3. The standard InChI is InChI=1S/C20H26O3/c1-4-16(2)18-10-12-20(13-11-18)23-17(3)21-14-15-22-19-8-6-5-7-9-19/h5-13,16-17H,4,14-15H2,1-3H3. The van der Waals surface area contributed by atoms with E-state index in [4.69, 9.17) is 14.2 Å². The van der Waals surface area contributed by atoms with Crippen LogP contribution in [0.2, 0.25) is 0 Å². The lowest BCUT2D eigenvalue weighted by molar-refractivity contribution is -0.0739. The van der Waals surface area contributed by atoms with E-state index in [1.165, 1.54) is 5.56 Å². The Morgan fingerprint density at radius 2 is 1.52 bits per heavy atom. The predicted molar refractivity (Wildman–Crippen MR) is 93.1 cm³/mol. The molecule has 2 unspecified atom stereocenters. The molecule has 0 spiro atoms. The quantitative estimate of drug-likeness (QED) is 0.480. The number of rotatable bonds is 9. The molecule has 0 aliphatic carbocycles. The lowest BCUT2D eigenvalue weighted by Gasteiger charge is -2.16. The molecule has 0 aromatic heterocycles. The molecule has 3 nitrogen and oxygen atoms in total. The lowest BCUT2D eigenvalue weighted by Crippen LogP contribution is -2.19. The van der Waals surface area contributed by atoms with Crippen LogP contribution in [0.5, 0.6) is 11.5 Å². The molecule has 0 saturated carbocycles. The van der Waals surface area contributed by atoms with Gasteiger partial charge in [-0.2, -0.15) is 0 Å². The summed E-state index contributed by atoms with van der Waals surface area (Å²) in [6.45, 7) is 7.31. The third-order valence-corrected chi connectivity index (χ3v) is 3.81. The van der Waals surface area contributed by atoms with Crippen molar-refractivity contribution in [1.82, 2.24) is 0 Å². The summed E-state index contributed by atoms with van der Waals surface area (Å²) in [6, 6.07) is 18.0. The molecular weight excluding hydrogens is 288 g/mol. The van der Waals surface area contributed by atoms with Gasteiger partial charge in [-0.1, -0.05) is 44.2 Å². The van der Waals surface area contributed by atoms with Gasteiger partial charge in [-0.15, -0.1) is 0 Å². The monoisotopic (exact) mass is 314 g/mol. The molecule has 2 aromatic rings. The van der Waals surface area contributed by atoms with E-state index in [1.807, 2.05) is 49.4 Å². The van der Waals surface area contributed by atoms with Crippen molar-refractivity contribution < 1.29 is 14.2 Å². The van der Waals surface area contributed by atoms with Gasteiger partial charge in [0.1, 0.15) is 18.1 Å². The minimum Gasteiger partial charge on any atom is -0.491 e.